The van der Waals surface area contributed by atoms with Crippen LogP contribution < -0.4 is 5.43 Å². The molecule has 0 saturated heterocycles. The summed E-state index contributed by atoms with van der Waals surface area (Å²) in [5.41, 5.74) is 1.78. The summed E-state index contributed by atoms with van der Waals surface area (Å²) < 4.78 is 2.03. The molecular weight excluding hydrogens is 202 g/mol. The number of hydrogen-bond acceptors (Lipinski definition) is 2. The maximum absolute atomic E-state index is 11.9. The summed E-state index contributed by atoms with van der Waals surface area (Å²) in [5.74, 6) is 0. The van der Waals surface area contributed by atoms with Gasteiger partial charge in [-0.25, -0.2) is 0 Å². The molecule has 0 fully saturated rings. The Morgan fingerprint density at radius 1 is 1.31 bits per heavy atom. The highest BCUT2D eigenvalue weighted by molar-refractivity contribution is 5.79. The van der Waals surface area contributed by atoms with E-state index in [2.05, 4.69) is 0 Å². The highest BCUT2D eigenvalue weighted by atomic mass is 16.3. The van der Waals surface area contributed by atoms with E-state index in [0.29, 0.717) is 6.42 Å². The summed E-state index contributed by atoms with van der Waals surface area (Å²) in [5, 5.41) is 9.60. The van der Waals surface area contributed by atoms with Gasteiger partial charge in [-0.15, -0.1) is 0 Å². The molecule has 0 aliphatic rings. The number of aliphatic hydroxyl groups is 1. The van der Waals surface area contributed by atoms with E-state index in [1.165, 1.54) is 0 Å². The first-order chi connectivity index (χ1) is 7.74. The van der Waals surface area contributed by atoms with Crippen molar-refractivity contribution in [3.63, 3.8) is 0 Å². The van der Waals surface area contributed by atoms with Gasteiger partial charge in [0.25, 0.3) is 0 Å². The summed E-state index contributed by atoms with van der Waals surface area (Å²) >= 11 is 0. The molecule has 0 aliphatic carbocycles. The van der Waals surface area contributed by atoms with E-state index in [1.807, 2.05) is 42.0 Å². The zero-order chi connectivity index (χ0) is 11.5. The Balaban J connectivity index is 2.65. The Hall–Kier alpha value is -1.61. The standard InChI is InChI=1S/C13H15NO2/c1-10-9-14(7-4-8-15)12-6-3-2-5-11(12)13(10)16/h2-3,5-6,9,15H,4,7-8H2,1H3. The maximum Gasteiger partial charge on any atom is 0.192 e. The fraction of sp³-hybridized carbons (Fsp3) is 0.308. The van der Waals surface area contributed by atoms with Crippen LogP contribution >= 0.6 is 0 Å². The van der Waals surface area contributed by atoms with E-state index in [0.717, 1.165) is 23.0 Å². The molecule has 2 aromatic rings. The van der Waals surface area contributed by atoms with Gasteiger partial charge in [0.1, 0.15) is 0 Å². The van der Waals surface area contributed by atoms with Gasteiger partial charge in [0.2, 0.25) is 0 Å². The first kappa shape index (κ1) is 10.9. The number of benzene rings is 1. The summed E-state index contributed by atoms with van der Waals surface area (Å²) in [7, 11) is 0. The van der Waals surface area contributed by atoms with Gasteiger partial charge >= 0.3 is 0 Å². The maximum atomic E-state index is 11.9. The zero-order valence-electron chi connectivity index (χ0n) is 9.31. The first-order valence-electron chi connectivity index (χ1n) is 5.43. The van der Waals surface area contributed by atoms with Gasteiger partial charge < -0.3 is 9.67 Å². The molecule has 0 aliphatic heterocycles. The molecule has 3 nitrogen and oxygen atoms in total. The summed E-state index contributed by atoms with van der Waals surface area (Å²) in [6, 6.07) is 7.58. The fourth-order valence-corrected chi connectivity index (χ4v) is 1.92. The molecule has 0 saturated carbocycles. The predicted octanol–water partition coefficient (Wildman–Crippen LogP) is 1.69. The molecule has 0 radical (unpaired) electrons. The van der Waals surface area contributed by atoms with Crippen molar-refractivity contribution in [1.82, 2.24) is 4.57 Å². The van der Waals surface area contributed by atoms with E-state index >= 15 is 0 Å². The van der Waals surface area contributed by atoms with Crippen LogP contribution in [0.5, 0.6) is 0 Å². The van der Waals surface area contributed by atoms with Crippen molar-refractivity contribution in [3.05, 3.63) is 46.2 Å². The molecule has 84 valence electrons. The van der Waals surface area contributed by atoms with E-state index < -0.39 is 0 Å². The van der Waals surface area contributed by atoms with Gasteiger partial charge in [-0.1, -0.05) is 12.1 Å². The topological polar surface area (TPSA) is 42.2 Å². The van der Waals surface area contributed by atoms with Gasteiger partial charge in [-0.05, 0) is 25.5 Å². The van der Waals surface area contributed by atoms with Crippen molar-refractivity contribution < 1.29 is 5.11 Å². The van der Waals surface area contributed by atoms with Crippen LogP contribution in [0.1, 0.15) is 12.0 Å². The molecule has 0 bridgehead atoms. The second-order valence-electron chi connectivity index (χ2n) is 3.93. The smallest absolute Gasteiger partial charge is 0.192 e. The minimum atomic E-state index is 0.0934. The van der Waals surface area contributed by atoms with E-state index in [4.69, 9.17) is 5.11 Å². The van der Waals surface area contributed by atoms with Gasteiger partial charge in [-0.3, -0.25) is 4.79 Å². The molecule has 0 unspecified atom stereocenters. The van der Waals surface area contributed by atoms with Gasteiger partial charge in [-0.2, -0.15) is 0 Å². The van der Waals surface area contributed by atoms with E-state index in [-0.39, 0.29) is 12.0 Å². The van der Waals surface area contributed by atoms with Gasteiger partial charge in [0.15, 0.2) is 5.43 Å². The van der Waals surface area contributed by atoms with Crippen LogP contribution in [0, 0.1) is 6.92 Å². The molecule has 0 spiro atoms. The number of fused-ring (bicyclic) bond motifs is 1. The minimum Gasteiger partial charge on any atom is -0.396 e. The van der Waals surface area contributed by atoms with Crippen LogP contribution in [0.3, 0.4) is 0 Å². The van der Waals surface area contributed by atoms with Gasteiger partial charge in [0.05, 0.1) is 5.52 Å². The van der Waals surface area contributed by atoms with E-state index in [1.54, 1.807) is 0 Å². The van der Waals surface area contributed by atoms with Crippen LogP contribution in [-0.2, 0) is 6.54 Å². The highest BCUT2D eigenvalue weighted by Gasteiger charge is 2.04. The molecular formula is C13H15NO2. The quantitative estimate of drug-likeness (QED) is 0.850. The molecule has 1 heterocycles. The van der Waals surface area contributed by atoms with Crippen LogP contribution in [-0.4, -0.2) is 16.3 Å². The molecule has 1 aromatic heterocycles. The highest BCUT2D eigenvalue weighted by Crippen LogP contribution is 2.11. The molecule has 0 amide bonds. The average molecular weight is 217 g/mol. The monoisotopic (exact) mass is 217 g/mol. The fourth-order valence-electron chi connectivity index (χ4n) is 1.92. The van der Waals surface area contributed by atoms with Gasteiger partial charge in [0, 0.05) is 30.3 Å². The van der Waals surface area contributed by atoms with Crippen LogP contribution in [0.15, 0.2) is 35.3 Å². The minimum absolute atomic E-state index is 0.0934. The van der Waals surface area contributed by atoms with E-state index in [9.17, 15) is 4.79 Å². The Kier molecular flexibility index (Phi) is 3.06. The van der Waals surface area contributed by atoms with Crippen molar-refractivity contribution >= 4 is 10.9 Å². The Morgan fingerprint density at radius 2 is 2.06 bits per heavy atom. The lowest BCUT2D eigenvalue weighted by Crippen LogP contribution is -2.12. The number of aliphatic hydroxyl groups excluding tert-OH is 1. The molecule has 0 atom stereocenters. The molecule has 2 rings (SSSR count). The van der Waals surface area contributed by atoms with Crippen molar-refractivity contribution in [3.8, 4) is 0 Å². The number of nitrogens with zero attached hydrogens (tertiary/aromatic N) is 1. The largest absolute Gasteiger partial charge is 0.396 e. The van der Waals surface area contributed by atoms with Crippen molar-refractivity contribution in [2.45, 2.75) is 19.9 Å². The number of pyridine rings is 1. The summed E-state index contributed by atoms with van der Waals surface area (Å²) in [6.07, 6.45) is 2.56. The second-order valence-corrected chi connectivity index (χ2v) is 3.93. The SMILES string of the molecule is Cc1cn(CCCO)c2ccccc2c1=O. The summed E-state index contributed by atoms with van der Waals surface area (Å²) in [6.45, 7) is 2.72. The number of para-hydroxylation sites is 1. The third kappa shape index (κ3) is 1.86. The lowest BCUT2D eigenvalue weighted by atomic mass is 10.1. The Morgan fingerprint density at radius 3 is 2.81 bits per heavy atom. The number of hydrogen-bond donors (Lipinski definition) is 1. The molecule has 16 heavy (non-hydrogen) atoms. The molecule has 1 aromatic carbocycles. The molecule has 1 N–H and O–H groups in total. The number of rotatable bonds is 3. The van der Waals surface area contributed by atoms with Crippen LogP contribution in [0.2, 0.25) is 0 Å². The third-order valence-corrected chi connectivity index (χ3v) is 2.72. The second kappa shape index (κ2) is 4.49. The normalized spacial score (nSPS) is 10.9. The molecule has 3 heteroatoms. The van der Waals surface area contributed by atoms with Crippen LogP contribution in [0.25, 0.3) is 10.9 Å². The predicted molar refractivity (Wildman–Crippen MR) is 64.6 cm³/mol. The zero-order valence-corrected chi connectivity index (χ0v) is 9.31. The van der Waals surface area contributed by atoms with Crippen LogP contribution in [0.4, 0.5) is 0 Å². The average Bonchev–Trinajstić information content (AvgIpc) is 2.32. The lowest BCUT2D eigenvalue weighted by Gasteiger charge is -2.11. The third-order valence-electron chi connectivity index (χ3n) is 2.72. The van der Waals surface area contributed by atoms with Crippen molar-refractivity contribution in [2.24, 2.45) is 0 Å². The lowest BCUT2D eigenvalue weighted by molar-refractivity contribution is 0.280. The van der Waals surface area contributed by atoms with Crippen molar-refractivity contribution in [2.75, 3.05) is 6.61 Å². The van der Waals surface area contributed by atoms with Crippen molar-refractivity contribution in [1.29, 1.82) is 0 Å². The first-order valence-corrected chi connectivity index (χ1v) is 5.43. The Bertz CT molecular complexity index is 557. The number of aryl methyl sites for hydroxylation is 2. The summed E-state index contributed by atoms with van der Waals surface area (Å²) in [4.78, 5) is 11.9. The Labute approximate surface area is 94.0 Å². The number of aromatic nitrogens is 1.